The van der Waals surface area contributed by atoms with Gasteiger partial charge in [-0.25, -0.2) is 4.98 Å². The Hall–Kier alpha value is -3.41. The molecule has 0 unspecified atom stereocenters. The Morgan fingerprint density at radius 1 is 1.11 bits per heavy atom. The predicted octanol–water partition coefficient (Wildman–Crippen LogP) is 3.68. The van der Waals surface area contributed by atoms with E-state index in [-0.39, 0.29) is 18.1 Å². The van der Waals surface area contributed by atoms with Crippen LogP contribution < -0.4 is 10.1 Å². The van der Waals surface area contributed by atoms with Gasteiger partial charge in [-0.3, -0.25) is 9.59 Å². The first-order valence-corrected chi connectivity index (χ1v) is 9.06. The molecule has 0 spiro atoms. The molecule has 0 saturated heterocycles. The molecule has 0 bridgehead atoms. The molecule has 0 aliphatic carbocycles. The smallest absolute Gasteiger partial charge is 0.228 e. The topological polar surface area (TPSA) is 73.2 Å². The number of hydrogen-bond acceptors (Lipinski definition) is 4. The number of anilines is 1. The molecule has 3 aromatic rings. The van der Waals surface area contributed by atoms with Gasteiger partial charge in [-0.2, -0.15) is 0 Å². The van der Waals surface area contributed by atoms with Gasteiger partial charge in [0.1, 0.15) is 5.75 Å². The van der Waals surface area contributed by atoms with E-state index < -0.39 is 0 Å². The van der Waals surface area contributed by atoms with Gasteiger partial charge in [0.05, 0.1) is 13.0 Å². The third-order valence-corrected chi connectivity index (χ3v) is 4.37. The molecule has 6 nitrogen and oxygen atoms in total. The number of imidazole rings is 1. The maximum atomic E-state index is 12.4. The van der Waals surface area contributed by atoms with Crippen LogP contribution in [-0.4, -0.2) is 27.8 Å². The normalized spacial score (nSPS) is 10.5. The summed E-state index contributed by atoms with van der Waals surface area (Å²) in [6.07, 6.45) is 3.55. The zero-order valence-corrected chi connectivity index (χ0v) is 16.2. The van der Waals surface area contributed by atoms with Crippen LogP contribution in [0, 0.1) is 13.8 Å². The number of hydrogen-bond donors (Lipinski definition) is 1. The molecule has 1 amide bonds. The Morgan fingerprint density at radius 3 is 2.50 bits per heavy atom. The molecule has 6 heteroatoms. The minimum absolute atomic E-state index is 0.145. The van der Waals surface area contributed by atoms with Crippen molar-refractivity contribution in [2.24, 2.45) is 7.05 Å². The Morgan fingerprint density at radius 2 is 1.86 bits per heavy atom. The molecule has 0 saturated carbocycles. The van der Waals surface area contributed by atoms with Gasteiger partial charge < -0.3 is 14.6 Å². The highest BCUT2D eigenvalue weighted by atomic mass is 16.5. The molecule has 0 atom stereocenters. The number of ketones is 1. The van der Waals surface area contributed by atoms with Crippen LogP contribution in [0.4, 0.5) is 5.69 Å². The lowest BCUT2D eigenvalue weighted by Gasteiger charge is -2.10. The van der Waals surface area contributed by atoms with Gasteiger partial charge in [-0.15, -0.1) is 0 Å². The van der Waals surface area contributed by atoms with E-state index in [1.54, 1.807) is 48.3 Å². The Kier molecular flexibility index (Phi) is 5.89. The van der Waals surface area contributed by atoms with Crippen molar-refractivity contribution < 1.29 is 14.3 Å². The maximum Gasteiger partial charge on any atom is 0.228 e. The molecule has 0 radical (unpaired) electrons. The summed E-state index contributed by atoms with van der Waals surface area (Å²) in [5, 5.41) is 2.81. The summed E-state index contributed by atoms with van der Waals surface area (Å²) in [7, 11) is 1.77. The molecule has 144 valence electrons. The Balaban J connectivity index is 1.51. The standard InChI is InChI=1S/C22H23N3O3/c1-15-4-9-19(16(2)14-15)28-13-10-20(26)24-18-7-5-17(6-8-18)21(27)22-23-11-12-25(22)3/h4-9,11-12,14H,10,13H2,1-3H3,(H,24,26). The van der Waals surface area contributed by atoms with Crippen LogP contribution in [0.1, 0.15) is 33.7 Å². The number of nitrogens with one attached hydrogen (secondary N) is 1. The second-order valence-corrected chi connectivity index (χ2v) is 6.68. The van der Waals surface area contributed by atoms with E-state index in [1.165, 1.54) is 5.56 Å². The average molecular weight is 377 g/mol. The number of ether oxygens (including phenoxy) is 1. The van der Waals surface area contributed by atoms with Crippen LogP contribution in [0.2, 0.25) is 0 Å². The van der Waals surface area contributed by atoms with E-state index in [1.807, 2.05) is 32.0 Å². The van der Waals surface area contributed by atoms with E-state index in [9.17, 15) is 9.59 Å². The highest BCUT2D eigenvalue weighted by Gasteiger charge is 2.13. The Bertz CT molecular complexity index is 991. The van der Waals surface area contributed by atoms with Crippen molar-refractivity contribution in [3.05, 3.63) is 77.4 Å². The number of amides is 1. The average Bonchev–Trinajstić information content (AvgIpc) is 3.09. The number of aromatic nitrogens is 2. The fourth-order valence-electron chi connectivity index (χ4n) is 2.86. The number of carbonyl (C=O) groups excluding carboxylic acids is 2. The molecule has 2 aromatic carbocycles. The summed E-state index contributed by atoms with van der Waals surface area (Å²) in [6, 6.07) is 12.7. The minimum Gasteiger partial charge on any atom is -0.493 e. The van der Waals surface area contributed by atoms with Gasteiger partial charge in [-0.1, -0.05) is 17.7 Å². The van der Waals surface area contributed by atoms with Crippen LogP contribution >= 0.6 is 0 Å². The summed E-state index contributed by atoms with van der Waals surface area (Å²) in [6.45, 7) is 4.31. The van der Waals surface area contributed by atoms with Gasteiger partial charge in [0.2, 0.25) is 11.7 Å². The molecule has 1 aromatic heterocycles. The highest BCUT2D eigenvalue weighted by Crippen LogP contribution is 2.19. The summed E-state index contributed by atoms with van der Waals surface area (Å²) in [5.74, 6) is 0.857. The van der Waals surface area contributed by atoms with Crippen LogP contribution in [0.3, 0.4) is 0 Å². The molecule has 0 fully saturated rings. The Labute approximate surface area is 164 Å². The molecule has 0 aliphatic rings. The van der Waals surface area contributed by atoms with E-state index in [0.717, 1.165) is 11.3 Å². The van der Waals surface area contributed by atoms with Gasteiger partial charge in [0.15, 0.2) is 5.82 Å². The SMILES string of the molecule is Cc1ccc(OCCC(=O)Nc2ccc(C(=O)c3nccn3C)cc2)c(C)c1. The second kappa shape index (κ2) is 8.52. The molecule has 0 aliphatic heterocycles. The zero-order valence-electron chi connectivity index (χ0n) is 16.2. The van der Waals surface area contributed by atoms with Crippen molar-refractivity contribution in [2.75, 3.05) is 11.9 Å². The van der Waals surface area contributed by atoms with E-state index in [2.05, 4.69) is 10.3 Å². The van der Waals surface area contributed by atoms with E-state index >= 15 is 0 Å². The third kappa shape index (κ3) is 4.65. The summed E-state index contributed by atoms with van der Waals surface area (Å²) in [4.78, 5) is 28.6. The fraction of sp³-hybridized carbons (Fsp3) is 0.227. The molecule has 28 heavy (non-hydrogen) atoms. The summed E-state index contributed by atoms with van der Waals surface area (Å²) >= 11 is 0. The molecule has 1 heterocycles. The van der Waals surface area contributed by atoms with Crippen molar-refractivity contribution in [3.8, 4) is 5.75 Å². The van der Waals surface area contributed by atoms with Crippen molar-refractivity contribution >= 4 is 17.4 Å². The first kappa shape index (κ1) is 19.4. The van der Waals surface area contributed by atoms with Crippen molar-refractivity contribution in [1.29, 1.82) is 0 Å². The van der Waals surface area contributed by atoms with Crippen molar-refractivity contribution in [3.63, 3.8) is 0 Å². The first-order valence-electron chi connectivity index (χ1n) is 9.06. The molecule has 1 N–H and O–H groups in total. The highest BCUT2D eigenvalue weighted by molar-refractivity contribution is 6.07. The molecular weight excluding hydrogens is 354 g/mol. The largest absolute Gasteiger partial charge is 0.493 e. The van der Waals surface area contributed by atoms with Gasteiger partial charge >= 0.3 is 0 Å². The lowest BCUT2D eigenvalue weighted by molar-refractivity contribution is -0.116. The van der Waals surface area contributed by atoms with Crippen molar-refractivity contribution in [1.82, 2.24) is 9.55 Å². The summed E-state index contributed by atoms with van der Waals surface area (Å²) in [5.41, 5.74) is 3.37. The van der Waals surface area contributed by atoms with E-state index in [0.29, 0.717) is 23.7 Å². The number of aryl methyl sites for hydroxylation is 3. The first-order chi connectivity index (χ1) is 13.4. The monoisotopic (exact) mass is 377 g/mol. The summed E-state index contributed by atoms with van der Waals surface area (Å²) < 4.78 is 7.36. The van der Waals surface area contributed by atoms with Crippen LogP contribution in [-0.2, 0) is 11.8 Å². The van der Waals surface area contributed by atoms with E-state index in [4.69, 9.17) is 4.74 Å². The maximum absolute atomic E-state index is 12.4. The molecular formula is C22H23N3O3. The van der Waals surface area contributed by atoms with Gasteiger partial charge in [0.25, 0.3) is 0 Å². The molecule has 3 rings (SSSR count). The zero-order chi connectivity index (χ0) is 20.1. The number of benzene rings is 2. The van der Waals surface area contributed by atoms with Gasteiger partial charge in [0, 0.05) is 30.7 Å². The van der Waals surface area contributed by atoms with Crippen LogP contribution in [0.15, 0.2) is 54.9 Å². The van der Waals surface area contributed by atoms with Crippen molar-refractivity contribution in [2.45, 2.75) is 20.3 Å². The number of rotatable bonds is 7. The lowest BCUT2D eigenvalue weighted by atomic mass is 10.1. The minimum atomic E-state index is -0.160. The quantitative estimate of drug-likeness (QED) is 0.638. The van der Waals surface area contributed by atoms with Gasteiger partial charge in [-0.05, 0) is 49.7 Å². The lowest BCUT2D eigenvalue weighted by Crippen LogP contribution is -2.15. The van der Waals surface area contributed by atoms with Crippen LogP contribution in [0.5, 0.6) is 5.75 Å². The second-order valence-electron chi connectivity index (χ2n) is 6.68. The fourth-order valence-corrected chi connectivity index (χ4v) is 2.86. The number of nitrogens with zero attached hydrogens (tertiary/aromatic N) is 2. The number of carbonyl (C=O) groups is 2. The van der Waals surface area contributed by atoms with Crippen LogP contribution in [0.25, 0.3) is 0 Å². The third-order valence-electron chi connectivity index (χ3n) is 4.37. The predicted molar refractivity (Wildman–Crippen MR) is 108 cm³/mol.